The summed E-state index contributed by atoms with van der Waals surface area (Å²) in [4.78, 5) is 2.58. The summed E-state index contributed by atoms with van der Waals surface area (Å²) in [7, 11) is 3.61. The Labute approximate surface area is 134 Å². The summed E-state index contributed by atoms with van der Waals surface area (Å²) in [5.41, 5.74) is 2.71. The predicted octanol–water partition coefficient (Wildman–Crippen LogP) is 6.08. The largest absolute Gasteiger partial charge is 0.0622 e. The second-order valence-electron chi connectivity index (χ2n) is 4.79. The van der Waals surface area contributed by atoms with Crippen molar-refractivity contribution >= 4 is 21.6 Å². The molecule has 21 heavy (non-hydrogen) atoms. The van der Waals surface area contributed by atoms with E-state index in [2.05, 4.69) is 78.9 Å². The SMILES string of the molecule is c1ccc(Cc2ccc(SSc3ccccc3)cc2)cc1. The van der Waals surface area contributed by atoms with E-state index in [-0.39, 0.29) is 0 Å². The molecule has 0 bridgehead atoms. The average Bonchev–Trinajstić information content (AvgIpc) is 2.56. The van der Waals surface area contributed by atoms with Crippen LogP contribution in [-0.2, 0) is 6.42 Å². The summed E-state index contributed by atoms with van der Waals surface area (Å²) < 4.78 is 0. The first-order valence-corrected chi connectivity index (χ1v) is 9.07. The van der Waals surface area contributed by atoms with E-state index in [9.17, 15) is 0 Å². The lowest BCUT2D eigenvalue weighted by molar-refractivity contribution is 1.18. The maximum Gasteiger partial charge on any atom is 0.0186 e. The minimum atomic E-state index is 0.998. The van der Waals surface area contributed by atoms with Crippen LogP contribution in [0.25, 0.3) is 0 Å². The van der Waals surface area contributed by atoms with Crippen LogP contribution in [0.15, 0.2) is 94.7 Å². The Bertz CT molecular complexity index is 661. The van der Waals surface area contributed by atoms with Gasteiger partial charge >= 0.3 is 0 Å². The van der Waals surface area contributed by atoms with E-state index >= 15 is 0 Å². The zero-order valence-corrected chi connectivity index (χ0v) is 13.2. The van der Waals surface area contributed by atoms with Gasteiger partial charge in [0.25, 0.3) is 0 Å². The Kier molecular flexibility index (Phi) is 5.03. The highest BCUT2D eigenvalue weighted by Crippen LogP contribution is 2.37. The van der Waals surface area contributed by atoms with Gasteiger partial charge in [-0.2, -0.15) is 0 Å². The Hall–Kier alpha value is -1.64. The zero-order chi connectivity index (χ0) is 14.3. The lowest BCUT2D eigenvalue weighted by Gasteiger charge is -2.04. The zero-order valence-electron chi connectivity index (χ0n) is 11.6. The van der Waals surface area contributed by atoms with Gasteiger partial charge in [-0.25, -0.2) is 0 Å². The topological polar surface area (TPSA) is 0 Å². The molecule has 3 rings (SSSR count). The van der Waals surface area contributed by atoms with Gasteiger partial charge < -0.3 is 0 Å². The summed E-state index contributed by atoms with van der Waals surface area (Å²) in [5.74, 6) is 0. The van der Waals surface area contributed by atoms with Crippen LogP contribution in [-0.4, -0.2) is 0 Å². The maximum absolute atomic E-state index is 2.22. The Morgan fingerprint density at radius 3 is 1.57 bits per heavy atom. The maximum atomic E-state index is 2.22. The van der Waals surface area contributed by atoms with Crippen molar-refractivity contribution < 1.29 is 0 Å². The summed E-state index contributed by atoms with van der Waals surface area (Å²) in [6.45, 7) is 0. The van der Waals surface area contributed by atoms with Crippen LogP contribution >= 0.6 is 21.6 Å². The van der Waals surface area contributed by atoms with Crippen LogP contribution in [0, 0.1) is 0 Å². The van der Waals surface area contributed by atoms with Crippen LogP contribution in [0.1, 0.15) is 11.1 Å². The molecule has 3 aromatic rings. The van der Waals surface area contributed by atoms with Gasteiger partial charge in [0.2, 0.25) is 0 Å². The summed E-state index contributed by atoms with van der Waals surface area (Å²) >= 11 is 0. The molecule has 0 radical (unpaired) electrons. The van der Waals surface area contributed by atoms with Crippen molar-refractivity contribution in [2.75, 3.05) is 0 Å². The van der Waals surface area contributed by atoms with Crippen molar-refractivity contribution in [3.8, 4) is 0 Å². The van der Waals surface area contributed by atoms with Gasteiger partial charge in [-0.05, 0) is 41.8 Å². The Morgan fingerprint density at radius 1 is 0.476 bits per heavy atom. The van der Waals surface area contributed by atoms with Crippen LogP contribution in [0.4, 0.5) is 0 Å². The molecule has 0 nitrogen and oxygen atoms in total. The molecule has 0 amide bonds. The molecule has 0 aliphatic carbocycles. The van der Waals surface area contributed by atoms with Gasteiger partial charge in [0.05, 0.1) is 0 Å². The van der Waals surface area contributed by atoms with Gasteiger partial charge in [0.1, 0.15) is 0 Å². The lowest BCUT2D eigenvalue weighted by Crippen LogP contribution is -1.86. The first-order chi connectivity index (χ1) is 10.4. The number of rotatable bonds is 5. The molecule has 0 N–H and O–H groups in total. The number of hydrogen-bond acceptors (Lipinski definition) is 2. The van der Waals surface area contributed by atoms with Crippen LogP contribution in [0.2, 0.25) is 0 Å². The summed E-state index contributed by atoms with van der Waals surface area (Å²) in [6.07, 6.45) is 0.998. The molecule has 0 aromatic heterocycles. The van der Waals surface area contributed by atoms with E-state index in [4.69, 9.17) is 0 Å². The van der Waals surface area contributed by atoms with E-state index in [1.54, 1.807) is 21.6 Å². The quantitative estimate of drug-likeness (QED) is 0.524. The van der Waals surface area contributed by atoms with Crippen LogP contribution < -0.4 is 0 Å². The molecule has 0 aliphatic rings. The van der Waals surface area contributed by atoms with E-state index in [0.29, 0.717) is 0 Å². The van der Waals surface area contributed by atoms with E-state index in [1.807, 2.05) is 6.07 Å². The van der Waals surface area contributed by atoms with Gasteiger partial charge in [-0.1, -0.05) is 82.3 Å². The monoisotopic (exact) mass is 308 g/mol. The van der Waals surface area contributed by atoms with Crippen molar-refractivity contribution in [2.24, 2.45) is 0 Å². The van der Waals surface area contributed by atoms with Gasteiger partial charge in [-0.3, -0.25) is 0 Å². The van der Waals surface area contributed by atoms with Crippen molar-refractivity contribution in [1.82, 2.24) is 0 Å². The second kappa shape index (κ2) is 7.39. The number of benzene rings is 3. The van der Waals surface area contributed by atoms with Crippen LogP contribution in [0.3, 0.4) is 0 Å². The second-order valence-corrected chi connectivity index (χ2v) is 7.06. The predicted molar refractivity (Wildman–Crippen MR) is 93.8 cm³/mol. The molecule has 0 saturated heterocycles. The van der Waals surface area contributed by atoms with Gasteiger partial charge in [0, 0.05) is 9.79 Å². The fourth-order valence-corrected chi connectivity index (χ4v) is 4.02. The molecule has 0 heterocycles. The fraction of sp³-hybridized carbons (Fsp3) is 0.0526. The van der Waals surface area contributed by atoms with E-state index in [1.165, 1.54) is 20.9 Å². The van der Waals surface area contributed by atoms with E-state index in [0.717, 1.165) is 6.42 Å². The Balaban J connectivity index is 1.59. The molecule has 0 atom stereocenters. The average molecular weight is 308 g/mol. The molecular formula is C19H16S2. The Morgan fingerprint density at radius 2 is 0.952 bits per heavy atom. The molecule has 3 aromatic carbocycles. The van der Waals surface area contributed by atoms with Crippen molar-refractivity contribution in [2.45, 2.75) is 16.2 Å². The first-order valence-electron chi connectivity index (χ1n) is 6.92. The summed E-state index contributed by atoms with van der Waals surface area (Å²) in [6, 6.07) is 29.9. The highest BCUT2D eigenvalue weighted by molar-refractivity contribution is 8.76. The van der Waals surface area contributed by atoms with E-state index < -0.39 is 0 Å². The molecule has 0 spiro atoms. The minimum Gasteiger partial charge on any atom is -0.0622 e. The highest BCUT2D eigenvalue weighted by atomic mass is 33.1. The number of hydrogen-bond donors (Lipinski definition) is 0. The fourth-order valence-electron chi connectivity index (χ4n) is 2.07. The van der Waals surface area contributed by atoms with Crippen LogP contribution in [0.5, 0.6) is 0 Å². The van der Waals surface area contributed by atoms with Gasteiger partial charge in [-0.15, -0.1) is 0 Å². The third kappa shape index (κ3) is 4.42. The van der Waals surface area contributed by atoms with Crippen molar-refractivity contribution in [3.63, 3.8) is 0 Å². The van der Waals surface area contributed by atoms with Crippen molar-refractivity contribution in [3.05, 3.63) is 96.1 Å². The molecule has 0 unspecified atom stereocenters. The molecule has 0 aliphatic heterocycles. The molecular weight excluding hydrogens is 292 g/mol. The molecule has 104 valence electrons. The first kappa shape index (κ1) is 14.3. The third-order valence-corrected chi connectivity index (χ3v) is 5.57. The van der Waals surface area contributed by atoms with Gasteiger partial charge in [0.15, 0.2) is 0 Å². The minimum absolute atomic E-state index is 0.998. The molecule has 2 heteroatoms. The standard InChI is InChI=1S/C19H16S2/c1-3-7-16(8-4-1)15-17-11-13-19(14-12-17)21-20-18-9-5-2-6-10-18/h1-14H,15H2. The molecule has 0 fully saturated rings. The smallest absolute Gasteiger partial charge is 0.0186 e. The van der Waals surface area contributed by atoms with Crippen molar-refractivity contribution in [1.29, 1.82) is 0 Å². The third-order valence-electron chi connectivity index (χ3n) is 3.15. The normalized spacial score (nSPS) is 10.5. The highest BCUT2D eigenvalue weighted by Gasteiger charge is 1.99. The summed E-state index contributed by atoms with van der Waals surface area (Å²) in [5, 5.41) is 0. The molecule has 0 saturated carbocycles. The lowest BCUT2D eigenvalue weighted by atomic mass is 10.1.